The third-order valence-corrected chi connectivity index (χ3v) is 2.88. The van der Waals surface area contributed by atoms with Gasteiger partial charge in [0.15, 0.2) is 0 Å². The lowest BCUT2D eigenvalue weighted by atomic mass is 10.0. The summed E-state index contributed by atoms with van der Waals surface area (Å²) in [4.78, 5) is 22.5. The highest BCUT2D eigenvalue weighted by atomic mass is 16.5. The minimum Gasteiger partial charge on any atom is -0.467 e. The smallest absolute Gasteiger partial charge is 0.329 e. The lowest BCUT2D eigenvalue weighted by molar-refractivity contribution is -0.144. The summed E-state index contributed by atoms with van der Waals surface area (Å²) in [5.41, 5.74) is 0. The summed E-state index contributed by atoms with van der Waals surface area (Å²) in [6.45, 7) is 4.67. The summed E-state index contributed by atoms with van der Waals surface area (Å²) in [7, 11) is 1.29. The van der Waals surface area contributed by atoms with Crippen molar-refractivity contribution in [3.05, 3.63) is 0 Å². The first-order valence-corrected chi connectivity index (χ1v) is 6.71. The van der Waals surface area contributed by atoms with Crippen LogP contribution in [0.4, 0.5) is 0 Å². The fraction of sp³-hybridized carbons (Fsp3) is 0.846. The summed E-state index contributed by atoms with van der Waals surface area (Å²) in [5.74, 6) is -0.347. The van der Waals surface area contributed by atoms with Crippen molar-refractivity contribution in [1.82, 2.24) is 10.6 Å². The standard InChI is InChI=1S/C13H26N2O4/c1-4-5-11(6-7-16)8-14-9-12(13(18)19-3)15-10(2)17/h11-12,14,16H,4-9H2,1-3H3,(H,15,17). The molecule has 112 valence electrons. The van der Waals surface area contributed by atoms with E-state index in [1.54, 1.807) is 0 Å². The largest absolute Gasteiger partial charge is 0.467 e. The van der Waals surface area contributed by atoms with Crippen LogP contribution in [-0.2, 0) is 14.3 Å². The third-order valence-electron chi connectivity index (χ3n) is 2.88. The van der Waals surface area contributed by atoms with Crippen LogP contribution in [0.3, 0.4) is 0 Å². The molecule has 0 aromatic carbocycles. The maximum Gasteiger partial charge on any atom is 0.329 e. The van der Waals surface area contributed by atoms with Gasteiger partial charge in [0.1, 0.15) is 6.04 Å². The Hall–Kier alpha value is -1.14. The number of hydrogen-bond acceptors (Lipinski definition) is 5. The van der Waals surface area contributed by atoms with E-state index in [2.05, 4.69) is 22.3 Å². The zero-order chi connectivity index (χ0) is 14.7. The zero-order valence-electron chi connectivity index (χ0n) is 12.1. The Kier molecular flexibility index (Phi) is 10.1. The molecular weight excluding hydrogens is 248 g/mol. The van der Waals surface area contributed by atoms with Crippen LogP contribution in [0.2, 0.25) is 0 Å². The normalized spacial score (nSPS) is 13.7. The highest BCUT2D eigenvalue weighted by Crippen LogP contribution is 2.09. The van der Waals surface area contributed by atoms with Crippen LogP contribution >= 0.6 is 0 Å². The number of methoxy groups -OCH3 is 1. The van der Waals surface area contributed by atoms with Gasteiger partial charge >= 0.3 is 5.97 Å². The molecular formula is C13H26N2O4. The van der Waals surface area contributed by atoms with Gasteiger partial charge < -0.3 is 20.5 Å². The Balaban J connectivity index is 4.14. The summed E-state index contributed by atoms with van der Waals surface area (Å²) in [6, 6.07) is -0.668. The first-order chi connectivity index (χ1) is 9.04. The van der Waals surface area contributed by atoms with Crippen LogP contribution in [0, 0.1) is 5.92 Å². The first-order valence-electron chi connectivity index (χ1n) is 6.71. The number of ether oxygens (including phenoxy) is 1. The fourth-order valence-electron chi connectivity index (χ4n) is 1.95. The van der Waals surface area contributed by atoms with E-state index in [4.69, 9.17) is 5.11 Å². The molecule has 0 aliphatic carbocycles. The van der Waals surface area contributed by atoms with Gasteiger partial charge in [0.05, 0.1) is 7.11 Å². The predicted octanol–water partition coefficient (Wildman–Crippen LogP) is 0.0524. The van der Waals surface area contributed by atoms with Gasteiger partial charge in [-0.25, -0.2) is 4.79 Å². The number of amides is 1. The molecule has 0 fully saturated rings. The molecule has 0 aromatic rings. The number of hydrogen-bond donors (Lipinski definition) is 3. The molecule has 0 spiro atoms. The highest BCUT2D eigenvalue weighted by Gasteiger charge is 2.20. The molecule has 1 amide bonds. The fourth-order valence-corrected chi connectivity index (χ4v) is 1.95. The van der Waals surface area contributed by atoms with Crippen molar-refractivity contribution >= 4 is 11.9 Å². The second kappa shape index (κ2) is 10.8. The SMILES string of the molecule is CCCC(CCO)CNCC(NC(C)=O)C(=O)OC. The maximum atomic E-state index is 11.5. The van der Waals surface area contributed by atoms with Gasteiger partial charge in [-0.3, -0.25) is 4.79 Å². The average Bonchev–Trinajstić information content (AvgIpc) is 2.36. The molecule has 0 aromatic heterocycles. The van der Waals surface area contributed by atoms with E-state index < -0.39 is 12.0 Å². The molecule has 3 N–H and O–H groups in total. The topological polar surface area (TPSA) is 87.7 Å². The van der Waals surface area contributed by atoms with Crippen molar-refractivity contribution in [2.24, 2.45) is 5.92 Å². The number of esters is 1. The molecule has 6 nitrogen and oxygen atoms in total. The molecule has 6 heteroatoms. The summed E-state index contributed by atoms with van der Waals surface area (Å²) in [6.07, 6.45) is 2.82. The molecule has 0 radical (unpaired) electrons. The lowest BCUT2D eigenvalue weighted by Crippen LogP contribution is -2.47. The van der Waals surface area contributed by atoms with Gasteiger partial charge in [-0.1, -0.05) is 13.3 Å². The van der Waals surface area contributed by atoms with E-state index in [1.165, 1.54) is 14.0 Å². The van der Waals surface area contributed by atoms with Gasteiger partial charge in [0.2, 0.25) is 5.91 Å². The van der Waals surface area contributed by atoms with Gasteiger partial charge in [0.25, 0.3) is 0 Å². The molecule has 0 saturated heterocycles. The molecule has 0 bridgehead atoms. The van der Waals surface area contributed by atoms with Crippen LogP contribution in [-0.4, -0.2) is 49.8 Å². The molecule has 0 aliphatic heterocycles. The Labute approximate surface area is 114 Å². The lowest BCUT2D eigenvalue weighted by Gasteiger charge is -2.19. The summed E-state index contributed by atoms with van der Waals surface area (Å²) < 4.78 is 4.63. The molecule has 2 atom stereocenters. The van der Waals surface area contributed by atoms with E-state index >= 15 is 0 Å². The number of aliphatic hydroxyl groups is 1. The van der Waals surface area contributed by atoms with E-state index in [0.717, 1.165) is 19.3 Å². The number of carbonyl (C=O) groups is 2. The van der Waals surface area contributed by atoms with Crippen LogP contribution < -0.4 is 10.6 Å². The van der Waals surface area contributed by atoms with Gasteiger partial charge in [0, 0.05) is 20.1 Å². The van der Waals surface area contributed by atoms with Crippen molar-refractivity contribution in [3.8, 4) is 0 Å². The number of carbonyl (C=O) groups excluding carboxylic acids is 2. The van der Waals surface area contributed by atoms with Crippen LogP contribution in [0.1, 0.15) is 33.1 Å². The van der Waals surface area contributed by atoms with Gasteiger partial charge in [-0.05, 0) is 25.3 Å². The number of rotatable bonds is 10. The molecule has 0 rings (SSSR count). The summed E-state index contributed by atoms with van der Waals surface area (Å²) in [5, 5.41) is 14.7. The van der Waals surface area contributed by atoms with Crippen molar-refractivity contribution in [2.75, 3.05) is 26.8 Å². The van der Waals surface area contributed by atoms with E-state index in [1.807, 2.05) is 0 Å². The van der Waals surface area contributed by atoms with Gasteiger partial charge in [-0.2, -0.15) is 0 Å². The molecule has 2 unspecified atom stereocenters. The van der Waals surface area contributed by atoms with E-state index in [-0.39, 0.29) is 12.5 Å². The highest BCUT2D eigenvalue weighted by molar-refractivity contribution is 5.83. The Morgan fingerprint density at radius 1 is 1.26 bits per heavy atom. The second-order valence-corrected chi connectivity index (χ2v) is 4.60. The van der Waals surface area contributed by atoms with Crippen molar-refractivity contribution in [3.63, 3.8) is 0 Å². The van der Waals surface area contributed by atoms with Crippen LogP contribution in [0.25, 0.3) is 0 Å². The predicted molar refractivity (Wildman–Crippen MR) is 72.6 cm³/mol. The van der Waals surface area contributed by atoms with E-state index in [9.17, 15) is 9.59 Å². The Bertz CT molecular complexity index is 265. The average molecular weight is 274 g/mol. The minimum absolute atomic E-state index is 0.165. The molecule has 19 heavy (non-hydrogen) atoms. The maximum absolute atomic E-state index is 11.5. The minimum atomic E-state index is -0.668. The quantitative estimate of drug-likeness (QED) is 0.490. The van der Waals surface area contributed by atoms with Crippen LogP contribution in [0.15, 0.2) is 0 Å². The second-order valence-electron chi connectivity index (χ2n) is 4.60. The third kappa shape index (κ3) is 8.56. The monoisotopic (exact) mass is 274 g/mol. The van der Waals surface area contributed by atoms with Crippen molar-refractivity contribution in [1.29, 1.82) is 0 Å². The summed E-state index contributed by atoms with van der Waals surface area (Å²) >= 11 is 0. The zero-order valence-corrected chi connectivity index (χ0v) is 12.1. The molecule has 0 aliphatic rings. The Morgan fingerprint density at radius 3 is 2.42 bits per heavy atom. The van der Waals surface area contributed by atoms with Crippen LogP contribution in [0.5, 0.6) is 0 Å². The van der Waals surface area contributed by atoms with Gasteiger partial charge in [-0.15, -0.1) is 0 Å². The van der Waals surface area contributed by atoms with Crippen molar-refractivity contribution in [2.45, 2.75) is 39.2 Å². The number of aliphatic hydroxyl groups excluding tert-OH is 1. The Morgan fingerprint density at radius 2 is 1.95 bits per heavy atom. The van der Waals surface area contributed by atoms with Crippen molar-refractivity contribution < 1.29 is 19.4 Å². The van der Waals surface area contributed by atoms with E-state index in [0.29, 0.717) is 19.0 Å². The number of nitrogens with one attached hydrogen (secondary N) is 2. The molecule has 0 saturated carbocycles. The molecule has 0 heterocycles. The first kappa shape index (κ1) is 17.9.